The number of carbonyl (C=O) groups excluding carboxylic acids is 1. The molecule has 1 aromatic carbocycles. The van der Waals surface area contributed by atoms with Crippen LogP contribution in [0.2, 0.25) is 0 Å². The zero-order valence-corrected chi connectivity index (χ0v) is 10.7. The molecule has 94 valence electrons. The summed E-state index contributed by atoms with van der Waals surface area (Å²) in [5.74, 6) is -0.109. The Hall–Kier alpha value is -2.10. The molecule has 0 spiro atoms. The van der Waals surface area contributed by atoms with Crippen molar-refractivity contribution in [3.05, 3.63) is 41.6 Å². The average Bonchev–Trinajstić information content (AvgIpc) is 2.86. The number of hydrogen-bond acceptors (Lipinski definition) is 2. The van der Waals surface area contributed by atoms with Gasteiger partial charge in [-0.05, 0) is 19.4 Å². The van der Waals surface area contributed by atoms with E-state index in [-0.39, 0.29) is 5.91 Å². The molecule has 0 saturated heterocycles. The average molecular weight is 243 g/mol. The number of carbonyl (C=O) groups is 1. The van der Waals surface area contributed by atoms with Crippen molar-refractivity contribution in [3.63, 3.8) is 0 Å². The Labute approximate surface area is 106 Å². The molecule has 0 aliphatic heterocycles. The van der Waals surface area contributed by atoms with Crippen LogP contribution in [-0.4, -0.2) is 22.6 Å². The van der Waals surface area contributed by atoms with Crippen molar-refractivity contribution in [2.45, 2.75) is 20.3 Å². The maximum Gasteiger partial charge on any atom is 0.269 e. The normalized spacial score (nSPS) is 10.3. The molecule has 0 aliphatic carbocycles. The third-order valence-corrected chi connectivity index (χ3v) is 2.71. The van der Waals surface area contributed by atoms with Crippen molar-refractivity contribution in [2.24, 2.45) is 0 Å². The highest BCUT2D eigenvalue weighted by atomic mass is 16.1. The molecule has 1 heterocycles. The Morgan fingerprint density at radius 2 is 2.06 bits per heavy atom. The fourth-order valence-corrected chi connectivity index (χ4v) is 1.64. The Bertz CT molecular complexity index is 528. The van der Waals surface area contributed by atoms with Gasteiger partial charge >= 0.3 is 0 Å². The number of amides is 1. The second kappa shape index (κ2) is 5.49. The molecule has 2 aromatic rings. The summed E-state index contributed by atoms with van der Waals surface area (Å²) in [5.41, 5.74) is 3.50. The monoisotopic (exact) mass is 243 g/mol. The smallest absolute Gasteiger partial charge is 0.269 e. The van der Waals surface area contributed by atoms with E-state index in [0.29, 0.717) is 12.2 Å². The fourth-order valence-electron chi connectivity index (χ4n) is 1.64. The first kappa shape index (κ1) is 12.4. The number of aryl methyl sites for hydroxylation is 1. The molecule has 0 atom stereocenters. The third-order valence-electron chi connectivity index (χ3n) is 2.71. The van der Waals surface area contributed by atoms with Crippen molar-refractivity contribution in [3.8, 4) is 11.3 Å². The molecule has 1 amide bonds. The summed E-state index contributed by atoms with van der Waals surface area (Å²) in [6.45, 7) is 4.74. The Morgan fingerprint density at radius 3 is 2.72 bits per heavy atom. The number of benzene rings is 1. The molecule has 2 rings (SSSR count). The van der Waals surface area contributed by atoms with Gasteiger partial charge < -0.3 is 5.32 Å². The van der Waals surface area contributed by atoms with E-state index in [1.807, 2.05) is 38.1 Å². The lowest BCUT2D eigenvalue weighted by Gasteiger charge is -1.99. The molecule has 4 heteroatoms. The zero-order chi connectivity index (χ0) is 13.0. The van der Waals surface area contributed by atoms with E-state index in [2.05, 4.69) is 15.5 Å². The summed E-state index contributed by atoms with van der Waals surface area (Å²) >= 11 is 0. The number of rotatable bonds is 4. The largest absolute Gasteiger partial charge is 0.351 e. The van der Waals surface area contributed by atoms with Crippen LogP contribution in [0.15, 0.2) is 30.3 Å². The summed E-state index contributed by atoms with van der Waals surface area (Å²) in [6.07, 6.45) is 0.921. The fraction of sp³-hybridized carbons (Fsp3) is 0.286. The first-order valence-electron chi connectivity index (χ1n) is 6.11. The minimum absolute atomic E-state index is 0.109. The van der Waals surface area contributed by atoms with Crippen LogP contribution in [0.25, 0.3) is 11.3 Å². The first-order valence-corrected chi connectivity index (χ1v) is 6.11. The molecule has 4 nitrogen and oxygen atoms in total. The minimum atomic E-state index is -0.109. The van der Waals surface area contributed by atoms with E-state index < -0.39 is 0 Å². The zero-order valence-electron chi connectivity index (χ0n) is 10.7. The maximum atomic E-state index is 11.7. The lowest BCUT2D eigenvalue weighted by atomic mass is 10.1. The molecular formula is C14H17N3O. The number of H-pyrrole nitrogens is 1. The van der Waals surface area contributed by atoms with E-state index in [4.69, 9.17) is 0 Å². The van der Waals surface area contributed by atoms with Gasteiger partial charge in [-0.1, -0.05) is 36.8 Å². The molecular weight excluding hydrogens is 226 g/mol. The Balaban J connectivity index is 2.15. The second-order valence-corrected chi connectivity index (χ2v) is 4.29. The van der Waals surface area contributed by atoms with Gasteiger partial charge in [0.25, 0.3) is 5.91 Å². The van der Waals surface area contributed by atoms with Crippen LogP contribution >= 0.6 is 0 Å². The quantitative estimate of drug-likeness (QED) is 0.867. The van der Waals surface area contributed by atoms with E-state index in [1.54, 1.807) is 6.07 Å². The van der Waals surface area contributed by atoms with Crippen molar-refractivity contribution >= 4 is 5.91 Å². The van der Waals surface area contributed by atoms with Crippen molar-refractivity contribution < 1.29 is 4.79 Å². The highest BCUT2D eigenvalue weighted by Gasteiger charge is 2.09. The van der Waals surface area contributed by atoms with Crippen LogP contribution in [0, 0.1) is 6.92 Å². The van der Waals surface area contributed by atoms with E-state index in [1.165, 1.54) is 5.56 Å². The van der Waals surface area contributed by atoms with Crippen LogP contribution in [0.3, 0.4) is 0 Å². The molecule has 1 aromatic heterocycles. The molecule has 0 fully saturated rings. The topological polar surface area (TPSA) is 57.8 Å². The van der Waals surface area contributed by atoms with Gasteiger partial charge in [-0.25, -0.2) is 0 Å². The Kier molecular flexibility index (Phi) is 3.77. The van der Waals surface area contributed by atoms with Crippen molar-refractivity contribution in [2.75, 3.05) is 6.54 Å². The van der Waals surface area contributed by atoms with E-state index in [9.17, 15) is 4.79 Å². The van der Waals surface area contributed by atoms with Gasteiger partial charge in [-0.15, -0.1) is 0 Å². The number of aromatic nitrogens is 2. The third kappa shape index (κ3) is 2.77. The highest BCUT2D eigenvalue weighted by Crippen LogP contribution is 2.18. The molecule has 0 saturated carbocycles. The summed E-state index contributed by atoms with van der Waals surface area (Å²) in [5, 5.41) is 9.74. The van der Waals surface area contributed by atoms with E-state index >= 15 is 0 Å². The molecule has 0 unspecified atom stereocenters. The lowest BCUT2D eigenvalue weighted by Crippen LogP contribution is -2.24. The van der Waals surface area contributed by atoms with Crippen LogP contribution in [0.4, 0.5) is 0 Å². The first-order chi connectivity index (χ1) is 8.70. The highest BCUT2D eigenvalue weighted by molar-refractivity contribution is 5.93. The van der Waals surface area contributed by atoms with E-state index in [0.717, 1.165) is 17.7 Å². The maximum absolute atomic E-state index is 11.7. The number of nitrogens with one attached hydrogen (secondary N) is 2. The molecule has 0 bridgehead atoms. The number of hydrogen-bond donors (Lipinski definition) is 2. The van der Waals surface area contributed by atoms with Gasteiger partial charge in [0.1, 0.15) is 5.69 Å². The summed E-state index contributed by atoms with van der Waals surface area (Å²) in [4.78, 5) is 11.7. The van der Waals surface area contributed by atoms with Gasteiger partial charge in [0.05, 0.1) is 5.69 Å². The van der Waals surface area contributed by atoms with Crippen molar-refractivity contribution in [1.82, 2.24) is 15.5 Å². The predicted molar refractivity (Wildman–Crippen MR) is 71.4 cm³/mol. The van der Waals surface area contributed by atoms with Crippen LogP contribution in [0.1, 0.15) is 29.4 Å². The summed E-state index contributed by atoms with van der Waals surface area (Å²) < 4.78 is 0. The number of nitrogens with zero attached hydrogens (tertiary/aromatic N) is 1. The second-order valence-electron chi connectivity index (χ2n) is 4.29. The van der Waals surface area contributed by atoms with Gasteiger partial charge in [0.15, 0.2) is 0 Å². The van der Waals surface area contributed by atoms with Crippen LogP contribution in [0.5, 0.6) is 0 Å². The lowest BCUT2D eigenvalue weighted by molar-refractivity contribution is 0.0948. The van der Waals surface area contributed by atoms with Crippen LogP contribution < -0.4 is 5.32 Å². The van der Waals surface area contributed by atoms with Gasteiger partial charge in [-0.3, -0.25) is 9.89 Å². The SMILES string of the molecule is CCCNC(=O)c1cc(-c2ccc(C)cc2)n[nH]1. The van der Waals surface area contributed by atoms with Gasteiger partial charge in [-0.2, -0.15) is 5.10 Å². The summed E-state index contributed by atoms with van der Waals surface area (Å²) in [7, 11) is 0. The molecule has 0 radical (unpaired) electrons. The summed E-state index contributed by atoms with van der Waals surface area (Å²) in [6, 6.07) is 9.83. The Morgan fingerprint density at radius 1 is 1.33 bits per heavy atom. The standard InChI is InChI=1S/C14H17N3O/c1-3-8-15-14(18)13-9-12(16-17-13)11-6-4-10(2)5-7-11/h4-7,9H,3,8H2,1-2H3,(H,15,18)(H,16,17). The van der Waals surface area contributed by atoms with Gasteiger partial charge in [0, 0.05) is 12.1 Å². The molecule has 18 heavy (non-hydrogen) atoms. The predicted octanol–water partition coefficient (Wildman–Crippen LogP) is 2.52. The van der Waals surface area contributed by atoms with Crippen LogP contribution in [-0.2, 0) is 0 Å². The molecule has 0 aliphatic rings. The minimum Gasteiger partial charge on any atom is -0.351 e. The van der Waals surface area contributed by atoms with Crippen molar-refractivity contribution in [1.29, 1.82) is 0 Å². The number of aromatic amines is 1. The molecule has 2 N–H and O–H groups in total. The van der Waals surface area contributed by atoms with Gasteiger partial charge in [0.2, 0.25) is 0 Å².